The van der Waals surface area contributed by atoms with Crippen molar-refractivity contribution in [1.29, 1.82) is 0 Å². The Balaban J connectivity index is 3.20. The lowest BCUT2D eigenvalue weighted by atomic mass is 10.1. The number of hydrogen-bond acceptors (Lipinski definition) is 4. The first-order chi connectivity index (χ1) is 8.32. The number of nitrogens with one attached hydrogen (secondary N) is 1. The second kappa shape index (κ2) is 5.48. The van der Waals surface area contributed by atoms with Crippen LogP contribution < -0.4 is 5.32 Å². The maximum absolute atomic E-state index is 11.8. The Hall–Kier alpha value is -2.11. The van der Waals surface area contributed by atoms with E-state index in [0.717, 1.165) is 0 Å². The highest BCUT2D eigenvalue weighted by atomic mass is 16.6. The van der Waals surface area contributed by atoms with Crippen LogP contribution in [0.25, 0.3) is 0 Å². The summed E-state index contributed by atoms with van der Waals surface area (Å²) in [6.45, 7) is 3.76. The van der Waals surface area contributed by atoms with Gasteiger partial charge in [0.15, 0.2) is 0 Å². The first-order valence-corrected chi connectivity index (χ1v) is 5.59. The van der Waals surface area contributed by atoms with Crippen LogP contribution in [0.15, 0.2) is 18.2 Å². The van der Waals surface area contributed by atoms with Crippen molar-refractivity contribution in [2.24, 2.45) is 0 Å². The molecule has 0 aliphatic rings. The molecule has 18 heavy (non-hydrogen) atoms. The van der Waals surface area contributed by atoms with E-state index < -0.39 is 4.92 Å². The molecule has 0 aliphatic carbocycles. The van der Waals surface area contributed by atoms with E-state index in [1.807, 2.05) is 13.8 Å². The highest BCUT2D eigenvalue weighted by molar-refractivity contribution is 5.95. The molecule has 6 nitrogen and oxygen atoms in total. The van der Waals surface area contributed by atoms with Crippen molar-refractivity contribution < 1.29 is 9.72 Å². The summed E-state index contributed by atoms with van der Waals surface area (Å²) in [5.74, 6) is -0.184. The second-order valence-corrected chi connectivity index (χ2v) is 4.49. The van der Waals surface area contributed by atoms with Crippen LogP contribution in [0.4, 0.5) is 11.4 Å². The number of anilines is 1. The predicted molar refractivity (Wildman–Crippen MR) is 69.9 cm³/mol. The Bertz CT molecular complexity index is 470. The summed E-state index contributed by atoms with van der Waals surface area (Å²) < 4.78 is 0. The van der Waals surface area contributed by atoms with Crippen molar-refractivity contribution in [2.45, 2.75) is 19.9 Å². The molecule has 0 spiro atoms. The van der Waals surface area contributed by atoms with Gasteiger partial charge >= 0.3 is 0 Å². The summed E-state index contributed by atoms with van der Waals surface area (Å²) in [6.07, 6.45) is 0. The van der Waals surface area contributed by atoms with Crippen molar-refractivity contribution in [3.63, 3.8) is 0 Å². The van der Waals surface area contributed by atoms with Crippen molar-refractivity contribution in [1.82, 2.24) is 4.90 Å². The van der Waals surface area contributed by atoms with Gasteiger partial charge in [0.1, 0.15) is 5.69 Å². The van der Waals surface area contributed by atoms with E-state index in [4.69, 9.17) is 0 Å². The summed E-state index contributed by atoms with van der Waals surface area (Å²) >= 11 is 0. The van der Waals surface area contributed by atoms with Crippen molar-refractivity contribution in [3.8, 4) is 0 Å². The first-order valence-electron chi connectivity index (χ1n) is 5.59. The van der Waals surface area contributed by atoms with Crippen LogP contribution in [0.2, 0.25) is 0 Å². The third-order valence-electron chi connectivity index (χ3n) is 2.29. The van der Waals surface area contributed by atoms with E-state index in [-0.39, 0.29) is 17.6 Å². The smallest absolute Gasteiger partial charge is 0.292 e. The van der Waals surface area contributed by atoms with Gasteiger partial charge in [-0.3, -0.25) is 14.9 Å². The minimum absolute atomic E-state index is 0.0287. The lowest BCUT2D eigenvalue weighted by Crippen LogP contribution is -2.22. The Morgan fingerprint density at radius 3 is 2.44 bits per heavy atom. The molecule has 0 fully saturated rings. The van der Waals surface area contributed by atoms with Crippen LogP contribution in [-0.2, 0) is 0 Å². The Labute approximate surface area is 106 Å². The maximum Gasteiger partial charge on any atom is 0.292 e. The minimum atomic E-state index is -0.464. The number of nitrogens with zero attached hydrogens (tertiary/aromatic N) is 2. The molecular weight excluding hydrogens is 234 g/mol. The fourth-order valence-electron chi connectivity index (χ4n) is 1.51. The van der Waals surface area contributed by atoms with E-state index in [1.165, 1.54) is 23.1 Å². The monoisotopic (exact) mass is 251 g/mol. The van der Waals surface area contributed by atoms with Gasteiger partial charge in [-0.2, -0.15) is 0 Å². The van der Waals surface area contributed by atoms with E-state index in [1.54, 1.807) is 14.1 Å². The van der Waals surface area contributed by atoms with E-state index in [0.29, 0.717) is 11.3 Å². The number of amides is 1. The summed E-state index contributed by atoms with van der Waals surface area (Å²) in [5.41, 5.74) is 0.760. The number of benzene rings is 1. The minimum Gasteiger partial charge on any atom is -0.377 e. The molecule has 0 radical (unpaired) electrons. The Kier molecular flexibility index (Phi) is 4.25. The quantitative estimate of drug-likeness (QED) is 0.657. The molecule has 1 amide bonds. The van der Waals surface area contributed by atoms with Gasteiger partial charge in [0, 0.05) is 31.8 Å². The van der Waals surface area contributed by atoms with Gasteiger partial charge in [-0.15, -0.1) is 0 Å². The molecule has 1 aromatic carbocycles. The molecule has 0 aromatic heterocycles. The van der Waals surface area contributed by atoms with Crippen LogP contribution in [0.5, 0.6) is 0 Å². The highest BCUT2D eigenvalue weighted by Crippen LogP contribution is 2.26. The molecule has 0 heterocycles. The normalized spacial score (nSPS) is 10.3. The lowest BCUT2D eigenvalue weighted by Gasteiger charge is -2.14. The second-order valence-electron chi connectivity index (χ2n) is 4.49. The number of rotatable bonds is 4. The molecule has 1 rings (SSSR count). The number of hydrogen-bond donors (Lipinski definition) is 1. The van der Waals surface area contributed by atoms with E-state index >= 15 is 0 Å². The largest absolute Gasteiger partial charge is 0.377 e. The zero-order chi connectivity index (χ0) is 13.9. The molecule has 98 valence electrons. The Morgan fingerprint density at radius 2 is 2.00 bits per heavy atom. The molecule has 0 saturated heterocycles. The van der Waals surface area contributed by atoms with Crippen molar-refractivity contribution >= 4 is 17.3 Å². The van der Waals surface area contributed by atoms with Gasteiger partial charge in [0.2, 0.25) is 0 Å². The molecule has 6 heteroatoms. The molecule has 0 saturated carbocycles. The summed E-state index contributed by atoms with van der Waals surface area (Å²) in [6, 6.07) is 4.38. The highest BCUT2D eigenvalue weighted by Gasteiger charge is 2.18. The third-order valence-corrected chi connectivity index (χ3v) is 2.29. The summed E-state index contributed by atoms with van der Waals surface area (Å²) in [5, 5.41) is 13.9. The van der Waals surface area contributed by atoms with E-state index in [9.17, 15) is 14.9 Å². The molecule has 0 bridgehead atoms. The fraction of sp³-hybridized carbons (Fsp3) is 0.417. The zero-order valence-electron chi connectivity index (χ0n) is 10.9. The number of nitro benzene ring substituents is 1. The lowest BCUT2D eigenvalue weighted by molar-refractivity contribution is -0.384. The topological polar surface area (TPSA) is 75.5 Å². The molecule has 1 N–H and O–H groups in total. The van der Waals surface area contributed by atoms with Crippen LogP contribution in [0.3, 0.4) is 0 Å². The molecule has 0 unspecified atom stereocenters. The van der Waals surface area contributed by atoms with Crippen molar-refractivity contribution in [3.05, 3.63) is 33.9 Å². The molecule has 0 aliphatic heterocycles. The number of carbonyl (C=O) groups excluding carboxylic acids is 1. The van der Waals surface area contributed by atoms with E-state index in [2.05, 4.69) is 5.32 Å². The molecule has 0 atom stereocenters. The predicted octanol–water partition coefficient (Wildman–Crippen LogP) is 2.12. The first kappa shape index (κ1) is 14.0. The standard InChI is InChI=1S/C12H17N3O3/c1-8(2)13-10-7-9(12(16)14(3)4)5-6-11(10)15(17)18/h5-8,13H,1-4H3. The molecule has 1 aromatic rings. The van der Waals surface area contributed by atoms with Gasteiger partial charge < -0.3 is 10.2 Å². The van der Waals surface area contributed by atoms with Gasteiger partial charge in [-0.25, -0.2) is 0 Å². The zero-order valence-corrected chi connectivity index (χ0v) is 10.9. The number of nitro groups is 1. The fourth-order valence-corrected chi connectivity index (χ4v) is 1.51. The average Bonchev–Trinajstić information content (AvgIpc) is 2.26. The van der Waals surface area contributed by atoms with Gasteiger partial charge in [-0.1, -0.05) is 0 Å². The van der Waals surface area contributed by atoms with Gasteiger partial charge in [-0.05, 0) is 26.0 Å². The van der Waals surface area contributed by atoms with Crippen LogP contribution in [-0.4, -0.2) is 35.9 Å². The van der Waals surface area contributed by atoms with Crippen LogP contribution >= 0.6 is 0 Å². The van der Waals surface area contributed by atoms with Gasteiger partial charge in [0.25, 0.3) is 11.6 Å². The van der Waals surface area contributed by atoms with Gasteiger partial charge in [0.05, 0.1) is 4.92 Å². The number of carbonyl (C=O) groups is 1. The van der Waals surface area contributed by atoms with Crippen molar-refractivity contribution in [2.75, 3.05) is 19.4 Å². The van der Waals surface area contributed by atoms with Crippen LogP contribution in [0, 0.1) is 10.1 Å². The maximum atomic E-state index is 11.8. The summed E-state index contributed by atoms with van der Waals surface area (Å²) in [4.78, 5) is 23.6. The average molecular weight is 251 g/mol. The van der Waals surface area contributed by atoms with Crippen LogP contribution in [0.1, 0.15) is 24.2 Å². The molecular formula is C12H17N3O3. The third kappa shape index (κ3) is 3.19. The SMILES string of the molecule is CC(C)Nc1cc(C(=O)N(C)C)ccc1[N+](=O)[O-]. The Morgan fingerprint density at radius 1 is 1.39 bits per heavy atom. The summed E-state index contributed by atoms with van der Waals surface area (Å²) in [7, 11) is 3.28.